The minimum Gasteiger partial charge on any atom is -0.486 e. The van der Waals surface area contributed by atoms with E-state index in [1.165, 1.54) is 0 Å². The number of rotatable bonds is 5. The summed E-state index contributed by atoms with van der Waals surface area (Å²) >= 11 is 0. The summed E-state index contributed by atoms with van der Waals surface area (Å²) in [5, 5.41) is 12.3. The molecule has 0 bridgehead atoms. The Balaban J connectivity index is 1.42. The minimum absolute atomic E-state index is 0.0620. The molecule has 2 aliphatic heterocycles. The first-order chi connectivity index (χ1) is 12.6. The summed E-state index contributed by atoms with van der Waals surface area (Å²) in [6.45, 7) is 2.04. The number of nitrogens with one attached hydrogen (secondary N) is 1. The van der Waals surface area contributed by atoms with E-state index in [4.69, 9.17) is 14.2 Å². The van der Waals surface area contributed by atoms with E-state index in [0.717, 1.165) is 23.5 Å². The van der Waals surface area contributed by atoms with Crippen molar-refractivity contribution in [1.82, 2.24) is 5.32 Å². The van der Waals surface area contributed by atoms with Crippen molar-refractivity contribution in [2.45, 2.75) is 37.1 Å². The Bertz CT molecular complexity index is 712. The van der Waals surface area contributed by atoms with Crippen molar-refractivity contribution in [1.29, 1.82) is 0 Å². The summed E-state index contributed by atoms with van der Waals surface area (Å²) in [4.78, 5) is 24.0. The first-order valence-electron chi connectivity index (χ1n) is 9.07. The highest BCUT2D eigenvalue weighted by Crippen LogP contribution is 2.49. The van der Waals surface area contributed by atoms with Crippen molar-refractivity contribution in [2.75, 3.05) is 26.4 Å². The summed E-state index contributed by atoms with van der Waals surface area (Å²) in [7, 11) is 0. The van der Waals surface area contributed by atoms with Crippen LogP contribution in [0, 0.1) is 5.92 Å². The molecule has 3 aliphatic rings. The molecule has 2 N–H and O–H groups in total. The van der Waals surface area contributed by atoms with Gasteiger partial charge in [0.15, 0.2) is 11.5 Å². The molecule has 2 heterocycles. The second-order valence-electron chi connectivity index (χ2n) is 7.30. The highest BCUT2D eigenvalue weighted by molar-refractivity contribution is 5.84. The molecular formula is C19H23NO6. The molecule has 1 saturated heterocycles. The number of hydrogen-bond acceptors (Lipinski definition) is 5. The number of fused-ring (bicyclic) bond motifs is 1. The molecule has 26 heavy (non-hydrogen) atoms. The van der Waals surface area contributed by atoms with Crippen LogP contribution in [0.3, 0.4) is 0 Å². The molecule has 1 aromatic rings. The van der Waals surface area contributed by atoms with Gasteiger partial charge in [0.2, 0.25) is 5.91 Å². The molecule has 2 unspecified atom stereocenters. The summed E-state index contributed by atoms with van der Waals surface area (Å²) in [6, 6.07) is 5.82. The van der Waals surface area contributed by atoms with Crippen LogP contribution >= 0.6 is 0 Å². The van der Waals surface area contributed by atoms with Crippen LogP contribution in [-0.4, -0.2) is 48.9 Å². The third kappa shape index (κ3) is 3.49. The number of carbonyl (C=O) groups excluding carboxylic acids is 1. The van der Waals surface area contributed by atoms with Crippen LogP contribution in [0.15, 0.2) is 18.2 Å². The number of carbonyl (C=O) groups is 2. The van der Waals surface area contributed by atoms with Crippen LogP contribution in [0.2, 0.25) is 0 Å². The predicted molar refractivity (Wildman–Crippen MR) is 91.5 cm³/mol. The second kappa shape index (κ2) is 6.79. The van der Waals surface area contributed by atoms with Crippen molar-refractivity contribution in [3.05, 3.63) is 23.8 Å². The zero-order valence-corrected chi connectivity index (χ0v) is 14.5. The molecular weight excluding hydrogens is 338 g/mol. The second-order valence-corrected chi connectivity index (χ2v) is 7.30. The van der Waals surface area contributed by atoms with Crippen LogP contribution in [0.4, 0.5) is 0 Å². The van der Waals surface area contributed by atoms with Crippen LogP contribution in [0.25, 0.3) is 0 Å². The maximum atomic E-state index is 12.7. The SMILES string of the molecule is O=C(O)CC1(NC(=O)C2CC2c2ccc3c(c2)OCCO3)CCOCC1. The fraction of sp³-hybridized carbons (Fsp3) is 0.579. The molecule has 2 fully saturated rings. The van der Waals surface area contributed by atoms with Crippen molar-refractivity contribution < 1.29 is 28.9 Å². The number of carboxylic acids is 1. The molecule has 1 aliphatic carbocycles. The van der Waals surface area contributed by atoms with E-state index in [1.807, 2.05) is 18.2 Å². The Hall–Kier alpha value is -2.28. The fourth-order valence-electron chi connectivity index (χ4n) is 3.90. The lowest BCUT2D eigenvalue weighted by atomic mass is 9.86. The molecule has 0 spiro atoms. The van der Waals surface area contributed by atoms with Crippen molar-refractivity contribution in [3.63, 3.8) is 0 Å². The van der Waals surface area contributed by atoms with Crippen molar-refractivity contribution >= 4 is 11.9 Å². The van der Waals surface area contributed by atoms with E-state index in [2.05, 4.69) is 5.32 Å². The Kier molecular flexibility index (Phi) is 4.48. The van der Waals surface area contributed by atoms with Gasteiger partial charge in [0, 0.05) is 19.1 Å². The summed E-state index contributed by atoms with van der Waals surface area (Å²) < 4.78 is 16.5. The molecule has 1 aromatic carbocycles. The maximum Gasteiger partial charge on any atom is 0.305 e. The molecule has 7 heteroatoms. The first kappa shape index (κ1) is 17.1. The maximum absolute atomic E-state index is 12.7. The Morgan fingerprint density at radius 3 is 2.58 bits per heavy atom. The Morgan fingerprint density at radius 1 is 1.12 bits per heavy atom. The van der Waals surface area contributed by atoms with Gasteiger partial charge in [0.1, 0.15) is 13.2 Å². The molecule has 7 nitrogen and oxygen atoms in total. The van der Waals surface area contributed by atoms with E-state index in [-0.39, 0.29) is 24.2 Å². The van der Waals surface area contributed by atoms with Crippen LogP contribution in [-0.2, 0) is 14.3 Å². The van der Waals surface area contributed by atoms with E-state index in [1.54, 1.807) is 0 Å². The number of carboxylic acid groups (broad SMARTS) is 1. The number of hydrogen-bond donors (Lipinski definition) is 2. The van der Waals surface area contributed by atoms with Gasteiger partial charge in [-0.25, -0.2) is 0 Å². The monoisotopic (exact) mass is 361 g/mol. The average Bonchev–Trinajstić information content (AvgIpc) is 3.42. The third-order valence-corrected chi connectivity index (χ3v) is 5.45. The normalized spacial score (nSPS) is 26.0. The molecule has 2 atom stereocenters. The predicted octanol–water partition coefficient (Wildman–Crippen LogP) is 1.70. The van der Waals surface area contributed by atoms with E-state index in [0.29, 0.717) is 39.3 Å². The molecule has 0 radical (unpaired) electrons. The standard InChI is InChI=1S/C19H23NO6/c21-17(22)11-19(3-5-24-6-4-19)20-18(23)14-10-13(14)12-1-2-15-16(9-12)26-8-7-25-15/h1-2,9,13-14H,3-8,10-11H2,(H,20,23)(H,21,22). The van der Waals surface area contributed by atoms with Gasteiger partial charge in [-0.2, -0.15) is 0 Å². The van der Waals surface area contributed by atoms with Gasteiger partial charge in [-0.3, -0.25) is 9.59 Å². The first-order valence-corrected chi connectivity index (χ1v) is 9.07. The largest absolute Gasteiger partial charge is 0.486 e. The lowest BCUT2D eigenvalue weighted by Gasteiger charge is -2.37. The molecule has 0 aromatic heterocycles. The van der Waals surface area contributed by atoms with Crippen LogP contribution < -0.4 is 14.8 Å². The molecule has 4 rings (SSSR count). The van der Waals surface area contributed by atoms with Crippen molar-refractivity contribution in [2.24, 2.45) is 5.92 Å². The zero-order valence-electron chi connectivity index (χ0n) is 14.5. The van der Waals surface area contributed by atoms with Crippen LogP contribution in [0.5, 0.6) is 11.5 Å². The van der Waals surface area contributed by atoms with Gasteiger partial charge in [-0.15, -0.1) is 0 Å². The van der Waals surface area contributed by atoms with Crippen LogP contribution in [0.1, 0.15) is 37.2 Å². The molecule has 1 saturated carbocycles. The summed E-state index contributed by atoms with van der Waals surface area (Å²) in [6.07, 6.45) is 1.77. The quantitative estimate of drug-likeness (QED) is 0.829. The third-order valence-electron chi connectivity index (χ3n) is 5.45. The van der Waals surface area contributed by atoms with Gasteiger partial charge < -0.3 is 24.6 Å². The number of aliphatic carboxylic acids is 1. The minimum atomic E-state index is -0.897. The summed E-state index contributed by atoms with van der Waals surface area (Å²) in [5.41, 5.74) is 0.370. The average molecular weight is 361 g/mol. The van der Waals surface area contributed by atoms with Gasteiger partial charge in [-0.05, 0) is 42.9 Å². The van der Waals surface area contributed by atoms with Gasteiger partial charge in [0.05, 0.1) is 12.0 Å². The topological polar surface area (TPSA) is 94.1 Å². The lowest BCUT2D eigenvalue weighted by Crippen LogP contribution is -2.53. The Labute approximate surface area is 151 Å². The number of amides is 1. The highest BCUT2D eigenvalue weighted by Gasteiger charge is 2.47. The Morgan fingerprint density at radius 2 is 1.85 bits per heavy atom. The molecule has 140 valence electrons. The van der Waals surface area contributed by atoms with Gasteiger partial charge in [0.25, 0.3) is 0 Å². The summed E-state index contributed by atoms with van der Waals surface area (Å²) in [5.74, 6) is 0.536. The number of benzene rings is 1. The zero-order chi connectivity index (χ0) is 18.1. The lowest BCUT2D eigenvalue weighted by molar-refractivity contribution is -0.140. The van der Waals surface area contributed by atoms with Gasteiger partial charge in [-0.1, -0.05) is 6.07 Å². The van der Waals surface area contributed by atoms with Crippen molar-refractivity contribution in [3.8, 4) is 11.5 Å². The fourth-order valence-corrected chi connectivity index (χ4v) is 3.90. The smallest absolute Gasteiger partial charge is 0.305 e. The number of ether oxygens (including phenoxy) is 3. The molecule has 1 amide bonds. The van der Waals surface area contributed by atoms with E-state index < -0.39 is 11.5 Å². The highest BCUT2D eigenvalue weighted by atomic mass is 16.6. The van der Waals surface area contributed by atoms with E-state index >= 15 is 0 Å². The van der Waals surface area contributed by atoms with Gasteiger partial charge >= 0.3 is 5.97 Å². The van der Waals surface area contributed by atoms with E-state index in [9.17, 15) is 14.7 Å².